The van der Waals surface area contributed by atoms with Gasteiger partial charge in [0, 0.05) is 12.3 Å². The number of halogens is 3. The molecule has 0 saturated heterocycles. The Bertz CT molecular complexity index is 1310. The van der Waals surface area contributed by atoms with Crippen LogP contribution in [0.25, 0.3) is 5.65 Å². The van der Waals surface area contributed by atoms with Gasteiger partial charge in [-0.15, -0.1) is 0 Å². The zero-order valence-corrected chi connectivity index (χ0v) is 15.7. The number of benzene rings is 2. The minimum absolute atomic E-state index is 0.0798. The van der Waals surface area contributed by atoms with Crippen molar-refractivity contribution in [3.63, 3.8) is 0 Å². The summed E-state index contributed by atoms with van der Waals surface area (Å²) in [7, 11) is 0. The number of esters is 1. The second-order valence-electron chi connectivity index (χ2n) is 6.50. The van der Waals surface area contributed by atoms with Crippen LogP contribution in [0.5, 0.6) is 11.5 Å². The zero-order valence-electron chi connectivity index (χ0n) is 15.7. The molecular formula is C21H14F3N3O4. The van der Waals surface area contributed by atoms with E-state index in [9.17, 15) is 22.8 Å². The van der Waals surface area contributed by atoms with Crippen LogP contribution >= 0.6 is 0 Å². The molecule has 0 atom stereocenters. The van der Waals surface area contributed by atoms with Crippen molar-refractivity contribution in [1.82, 2.24) is 14.6 Å². The molecule has 0 unspecified atom stereocenters. The van der Waals surface area contributed by atoms with Crippen LogP contribution in [-0.4, -0.2) is 20.6 Å². The third-order valence-electron chi connectivity index (χ3n) is 4.34. The Hall–Kier alpha value is -4.08. The van der Waals surface area contributed by atoms with Gasteiger partial charge < -0.3 is 9.47 Å². The van der Waals surface area contributed by atoms with E-state index in [2.05, 4.69) is 10.2 Å². The lowest BCUT2D eigenvalue weighted by molar-refractivity contribution is -0.137. The van der Waals surface area contributed by atoms with Crippen molar-refractivity contribution in [2.24, 2.45) is 0 Å². The van der Waals surface area contributed by atoms with Crippen molar-refractivity contribution in [2.45, 2.75) is 12.8 Å². The van der Waals surface area contributed by atoms with Crippen LogP contribution in [0.15, 0.2) is 71.7 Å². The molecule has 2 aromatic carbocycles. The van der Waals surface area contributed by atoms with E-state index in [4.69, 9.17) is 9.47 Å². The second-order valence-corrected chi connectivity index (χ2v) is 6.50. The number of aromatic nitrogens is 3. The molecule has 0 bridgehead atoms. The maximum absolute atomic E-state index is 12.8. The second kappa shape index (κ2) is 7.98. The van der Waals surface area contributed by atoms with Gasteiger partial charge in [-0.2, -0.15) is 18.3 Å². The number of hydrogen-bond donors (Lipinski definition) is 1. The molecule has 0 aliphatic carbocycles. The van der Waals surface area contributed by atoms with Crippen molar-refractivity contribution in [1.29, 1.82) is 0 Å². The van der Waals surface area contributed by atoms with Gasteiger partial charge in [-0.3, -0.25) is 0 Å². The van der Waals surface area contributed by atoms with E-state index in [-0.39, 0.29) is 23.6 Å². The van der Waals surface area contributed by atoms with Crippen molar-refractivity contribution in [3.8, 4) is 11.5 Å². The molecule has 0 amide bonds. The summed E-state index contributed by atoms with van der Waals surface area (Å²) in [5.41, 5.74) is -0.712. The Morgan fingerprint density at radius 1 is 1.03 bits per heavy atom. The van der Waals surface area contributed by atoms with Crippen LogP contribution in [-0.2, 0) is 12.8 Å². The highest BCUT2D eigenvalue weighted by atomic mass is 19.4. The first kappa shape index (κ1) is 20.2. The van der Waals surface area contributed by atoms with Gasteiger partial charge in [-0.05, 0) is 42.0 Å². The molecule has 0 saturated carbocycles. The number of aromatic amines is 1. The molecule has 0 radical (unpaired) electrons. The first-order chi connectivity index (χ1) is 14.8. The molecule has 0 spiro atoms. The van der Waals surface area contributed by atoms with E-state index in [0.29, 0.717) is 11.3 Å². The minimum atomic E-state index is -4.44. The van der Waals surface area contributed by atoms with Crippen LogP contribution in [0.1, 0.15) is 21.5 Å². The summed E-state index contributed by atoms with van der Waals surface area (Å²) >= 11 is 0. The third kappa shape index (κ3) is 4.42. The molecule has 4 aromatic rings. The molecule has 4 rings (SSSR count). The minimum Gasteiger partial charge on any atom is -0.489 e. The quantitative estimate of drug-likeness (QED) is 0.385. The lowest BCUT2D eigenvalue weighted by atomic mass is 10.1. The van der Waals surface area contributed by atoms with Crippen molar-refractivity contribution in [3.05, 3.63) is 94.0 Å². The van der Waals surface area contributed by atoms with Gasteiger partial charge in [-0.25, -0.2) is 19.1 Å². The Kier molecular flexibility index (Phi) is 5.20. The van der Waals surface area contributed by atoms with E-state index in [1.54, 1.807) is 12.1 Å². The number of carbonyl (C=O) groups excluding carboxylic acids is 1. The van der Waals surface area contributed by atoms with Crippen LogP contribution in [0.2, 0.25) is 0 Å². The summed E-state index contributed by atoms with van der Waals surface area (Å²) in [4.78, 5) is 24.2. The average Bonchev–Trinajstić information content (AvgIpc) is 3.13. The van der Waals surface area contributed by atoms with E-state index < -0.39 is 23.4 Å². The van der Waals surface area contributed by atoms with E-state index in [1.807, 2.05) is 0 Å². The van der Waals surface area contributed by atoms with Gasteiger partial charge in [0.1, 0.15) is 23.7 Å². The number of ether oxygens (including phenoxy) is 2. The van der Waals surface area contributed by atoms with Crippen molar-refractivity contribution < 1.29 is 27.4 Å². The maximum Gasteiger partial charge on any atom is 0.416 e. The molecule has 158 valence electrons. The number of nitrogens with zero attached hydrogens (tertiary/aromatic N) is 2. The number of pyridine rings is 1. The summed E-state index contributed by atoms with van der Waals surface area (Å²) in [6, 6.07) is 13.9. The monoisotopic (exact) mass is 429 g/mol. The van der Waals surface area contributed by atoms with Crippen LogP contribution < -0.4 is 15.2 Å². The normalized spacial score (nSPS) is 11.5. The van der Waals surface area contributed by atoms with Gasteiger partial charge in [0.25, 0.3) is 0 Å². The fourth-order valence-electron chi connectivity index (χ4n) is 2.89. The Morgan fingerprint density at radius 3 is 2.61 bits per heavy atom. The predicted octanol–water partition coefficient (Wildman–Crippen LogP) is 3.84. The van der Waals surface area contributed by atoms with Crippen molar-refractivity contribution >= 4 is 11.6 Å². The number of nitrogens with one attached hydrogen (secondary N) is 1. The maximum atomic E-state index is 12.8. The molecule has 0 aliphatic heterocycles. The molecule has 7 nitrogen and oxygen atoms in total. The van der Waals surface area contributed by atoms with E-state index in [0.717, 1.165) is 12.1 Å². The zero-order chi connectivity index (χ0) is 22.0. The largest absolute Gasteiger partial charge is 0.489 e. The summed E-state index contributed by atoms with van der Waals surface area (Å²) in [6.45, 7) is -0.100. The molecule has 0 fully saturated rings. The number of alkyl halides is 3. The SMILES string of the molecule is O=C(Oc1cccc(OCc2cccc(C(F)(F)F)c2)c1)c1cccn2c(=O)[nH]nc12. The standard InChI is InChI=1S/C21H14F3N3O4/c22-21(23,24)14-5-1-4-13(10-14)12-30-15-6-2-7-16(11-15)31-19(28)17-8-3-9-27-18(17)25-26-20(27)29/h1-11H,12H2,(H,26,29). The number of H-pyrrole nitrogens is 1. The van der Waals surface area contributed by atoms with Gasteiger partial charge in [-0.1, -0.05) is 18.2 Å². The molecule has 10 heteroatoms. The fourth-order valence-corrected chi connectivity index (χ4v) is 2.89. The van der Waals surface area contributed by atoms with Gasteiger partial charge in [0.15, 0.2) is 5.65 Å². The molecular weight excluding hydrogens is 415 g/mol. The molecule has 1 N–H and O–H groups in total. The first-order valence-electron chi connectivity index (χ1n) is 8.98. The number of hydrogen-bond acceptors (Lipinski definition) is 5. The summed E-state index contributed by atoms with van der Waals surface area (Å²) in [5, 5.41) is 6.06. The van der Waals surface area contributed by atoms with E-state index in [1.165, 1.54) is 47.0 Å². The molecule has 0 aliphatic rings. The molecule has 2 heterocycles. The highest BCUT2D eigenvalue weighted by Crippen LogP contribution is 2.30. The fraction of sp³-hybridized carbons (Fsp3) is 0.0952. The average molecular weight is 429 g/mol. The topological polar surface area (TPSA) is 85.7 Å². The van der Waals surface area contributed by atoms with Crippen LogP contribution in [0.4, 0.5) is 13.2 Å². The summed E-state index contributed by atoms with van der Waals surface area (Å²) in [5.74, 6) is -0.275. The third-order valence-corrected chi connectivity index (χ3v) is 4.34. The predicted molar refractivity (Wildman–Crippen MR) is 103 cm³/mol. The summed E-state index contributed by atoms with van der Waals surface area (Å²) < 4.78 is 50.5. The van der Waals surface area contributed by atoms with Crippen LogP contribution in [0.3, 0.4) is 0 Å². The molecule has 31 heavy (non-hydrogen) atoms. The van der Waals surface area contributed by atoms with Gasteiger partial charge in [0.05, 0.1) is 5.56 Å². The first-order valence-corrected chi connectivity index (χ1v) is 8.98. The lowest BCUT2D eigenvalue weighted by Gasteiger charge is -2.11. The number of fused-ring (bicyclic) bond motifs is 1. The molecule has 2 aromatic heterocycles. The Labute approximate surface area is 172 Å². The highest BCUT2D eigenvalue weighted by molar-refractivity contribution is 5.96. The smallest absolute Gasteiger partial charge is 0.416 e. The van der Waals surface area contributed by atoms with Gasteiger partial charge >= 0.3 is 17.8 Å². The van der Waals surface area contributed by atoms with E-state index >= 15 is 0 Å². The lowest BCUT2D eigenvalue weighted by Crippen LogP contribution is -2.13. The Morgan fingerprint density at radius 2 is 1.81 bits per heavy atom. The van der Waals surface area contributed by atoms with Crippen LogP contribution in [0, 0.1) is 0 Å². The highest BCUT2D eigenvalue weighted by Gasteiger charge is 2.30. The van der Waals surface area contributed by atoms with Gasteiger partial charge in [0.2, 0.25) is 0 Å². The Balaban J connectivity index is 1.47. The van der Waals surface area contributed by atoms with Crippen molar-refractivity contribution in [2.75, 3.05) is 0 Å². The number of rotatable bonds is 5. The summed E-state index contributed by atoms with van der Waals surface area (Å²) in [6.07, 6.45) is -2.98. The number of carbonyl (C=O) groups is 1.